The van der Waals surface area contributed by atoms with Gasteiger partial charge >= 0.3 is 5.97 Å². The number of nitrogens with zero attached hydrogens (tertiary/aromatic N) is 1. The van der Waals surface area contributed by atoms with E-state index in [1.54, 1.807) is 67.3 Å². The van der Waals surface area contributed by atoms with E-state index >= 15 is 0 Å². The minimum absolute atomic E-state index is 0.172. The van der Waals surface area contributed by atoms with E-state index < -0.39 is 71.4 Å². The molecule has 1 aliphatic heterocycles. The number of β-lactam (4-membered cyclic amide) rings is 1. The first kappa shape index (κ1) is 37.0. The van der Waals surface area contributed by atoms with Crippen LogP contribution in [0.4, 0.5) is 14.5 Å². The van der Waals surface area contributed by atoms with E-state index in [4.69, 9.17) is 4.74 Å². The van der Waals surface area contributed by atoms with E-state index in [-0.39, 0.29) is 11.7 Å². The molecule has 10 nitrogen and oxygen atoms in total. The first-order chi connectivity index (χ1) is 24.3. The highest BCUT2D eigenvalue weighted by Gasteiger charge is 2.49. The summed E-state index contributed by atoms with van der Waals surface area (Å²) in [5.41, 5.74) is 1.54. The fourth-order valence-electron chi connectivity index (χ4n) is 5.75. The van der Waals surface area contributed by atoms with Gasteiger partial charge in [0.05, 0.1) is 18.7 Å². The molecule has 1 fully saturated rings. The van der Waals surface area contributed by atoms with Crippen molar-refractivity contribution in [3.8, 4) is 5.75 Å². The van der Waals surface area contributed by atoms with Crippen molar-refractivity contribution < 1.29 is 42.9 Å². The van der Waals surface area contributed by atoms with Crippen LogP contribution in [-0.2, 0) is 24.6 Å². The molecule has 266 valence electrons. The Morgan fingerprint density at radius 1 is 0.882 bits per heavy atom. The van der Waals surface area contributed by atoms with Crippen molar-refractivity contribution >= 4 is 41.1 Å². The molecular formula is C38H37F2N3O7S. The number of anilines is 1. The van der Waals surface area contributed by atoms with Crippen molar-refractivity contribution in [3.63, 3.8) is 0 Å². The fourth-order valence-corrected chi connectivity index (χ4v) is 7.05. The summed E-state index contributed by atoms with van der Waals surface area (Å²) in [7, 11) is 0. The summed E-state index contributed by atoms with van der Waals surface area (Å²) in [4.78, 5) is 52.0. The van der Waals surface area contributed by atoms with Gasteiger partial charge in [-0.25, -0.2) is 13.6 Å². The number of benzene rings is 4. The third kappa shape index (κ3) is 8.91. The lowest BCUT2D eigenvalue weighted by Crippen LogP contribution is -2.57. The highest BCUT2D eigenvalue weighted by molar-refractivity contribution is 8.00. The van der Waals surface area contributed by atoms with E-state index in [1.807, 2.05) is 6.07 Å². The van der Waals surface area contributed by atoms with Crippen LogP contribution in [0.15, 0.2) is 103 Å². The third-order valence-electron chi connectivity index (χ3n) is 8.67. The van der Waals surface area contributed by atoms with E-state index in [0.717, 1.165) is 11.1 Å². The number of rotatable bonds is 15. The zero-order valence-corrected chi connectivity index (χ0v) is 28.6. The molecule has 4 aromatic rings. The maximum atomic E-state index is 13.7. The third-order valence-corrected chi connectivity index (χ3v) is 10.00. The molecule has 1 aliphatic rings. The number of carbonyl (C=O) groups is 4. The largest absolute Gasteiger partial charge is 0.484 e. The Kier molecular flexibility index (Phi) is 11.7. The number of aliphatic hydroxyl groups excluding tert-OH is 1. The Morgan fingerprint density at radius 2 is 1.49 bits per heavy atom. The molecule has 3 amide bonds. The van der Waals surface area contributed by atoms with Gasteiger partial charge < -0.3 is 30.5 Å². The summed E-state index contributed by atoms with van der Waals surface area (Å²) in [5.74, 6) is -3.08. The molecule has 2 unspecified atom stereocenters. The van der Waals surface area contributed by atoms with Gasteiger partial charge in [-0.15, -0.1) is 11.8 Å². The highest BCUT2D eigenvalue weighted by atomic mass is 32.2. The van der Waals surface area contributed by atoms with E-state index in [0.29, 0.717) is 17.0 Å². The molecule has 0 saturated carbocycles. The van der Waals surface area contributed by atoms with Crippen molar-refractivity contribution in [1.82, 2.24) is 10.6 Å². The highest BCUT2D eigenvalue weighted by Crippen LogP contribution is 2.46. The monoisotopic (exact) mass is 717 g/mol. The average molecular weight is 718 g/mol. The number of carboxylic acid groups (broad SMARTS) is 1. The Labute approximate surface area is 297 Å². The topological polar surface area (TPSA) is 145 Å². The van der Waals surface area contributed by atoms with Crippen LogP contribution in [0.5, 0.6) is 5.75 Å². The summed E-state index contributed by atoms with van der Waals surface area (Å²) >= 11 is 1.26. The number of hydrogen-bond acceptors (Lipinski definition) is 7. The minimum Gasteiger partial charge on any atom is -0.484 e. The number of aliphatic carboxylic acids is 1. The van der Waals surface area contributed by atoms with Gasteiger partial charge in [0.15, 0.2) is 6.61 Å². The van der Waals surface area contributed by atoms with E-state index in [9.17, 15) is 38.2 Å². The number of hydrogen-bond donors (Lipinski definition) is 4. The molecule has 0 bridgehead atoms. The Hall–Kier alpha value is -5.27. The van der Waals surface area contributed by atoms with Crippen molar-refractivity contribution in [2.45, 2.75) is 42.7 Å². The van der Waals surface area contributed by atoms with Crippen molar-refractivity contribution in [2.75, 3.05) is 23.8 Å². The molecule has 51 heavy (non-hydrogen) atoms. The first-order valence-electron chi connectivity index (χ1n) is 16.1. The van der Waals surface area contributed by atoms with Crippen LogP contribution < -0.4 is 20.3 Å². The summed E-state index contributed by atoms with van der Waals surface area (Å²) in [5, 5.41) is 24.8. The normalized spacial score (nSPS) is 16.8. The zero-order chi connectivity index (χ0) is 36.7. The standard InChI is InChI=1S/C38H37F2N3O7S/c1-38(2,25-6-4-3-5-7-25)35(37(48)49)42-31(45)20-41-32(46)21-50-29-18-10-24(11-19-29)33-34(36(47)43(33)28-16-14-27(40)15-17-28)51-22-30(44)23-8-12-26(39)13-9-23/h3-19,30,33-35,44H,20-22H2,1-2H3,(H,41,46)(H,42,45)(H,48,49)/t30?,33?,34-,35+/m1/s1. The zero-order valence-electron chi connectivity index (χ0n) is 27.8. The van der Waals surface area contributed by atoms with Crippen LogP contribution in [0.25, 0.3) is 0 Å². The summed E-state index contributed by atoms with van der Waals surface area (Å²) in [6.07, 6.45) is -0.934. The number of aliphatic hydroxyl groups is 1. The molecule has 4 N–H and O–H groups in total. The van der Waals surface area contributed by atoms with Crippen LogP contribution in [0, 0.1) is 11.6 Å². The molecule has 13 heteroatoms. The molecule has 0 radical (unpaired) electrons. The molecule has 4 aromatic carbocycles. The van der Waals surface area contributed by atoms with Gasteiger partial charge in [0.1, 0.15) is 28.7 Å². The van der Waals surface area contributed by atoms with E-state index in [1.165, 1.54) is 60.3 Å². The lowest BCUT2D eigenvalue weighted by Gasteiger charge is -2.47. The number of halogens is 2. The number of carbonyl (C=O) groups excluding carboxylic acids is 3. The second-order valence-corrected chi connectivity index (χ2v) is 13.7. The van der Waals surface area contributed by atoms with Crippen molar-refractivity contribution in [2.24, 2.45) is 0 Å². The Bertz CT molecular complexity index is 1840. The fraction of sp³-hybridized carbons (Fsp3) is 0.263. The summed E-state index contributed by atoms with van der Waals surface area (Å²) in [6, 6.07) is 25.0. The number of ether oxygens (including phenoxy) is 1. The Balaban J connectivity index is 1.17. The molecule has 5 rings (SSSR count). The minimum atomic E-state index is -1.25. The second-order valence-electron chi connectivity index (χ2n) is 12.5. The van der Waals surface area contributed by atoms with Gasteiger partial charge in [-0.2, -0.15) is 0 Å². The van der Waals surface area contributed by atoms with E-state index in [2.05, 4.69) is 10.6 Å². The smallest absolute Gasteiger partial charge is 0.327 e. The SMILES string of the molecule is CC(C)(c1ccccc1)[C@@H](NC(=O)CNC(=O)COc1ccc(C2[C@@H](SCC(O)c3ccc(F)cc3)C(=O)N2c2ccc(F)cc2)cc1)C(=O)O. The lowest BCUT2D eigenvalue weighted by molar-refractivity contribution is -0.143. The number of thioether (sulfide) groups is 1. The van der Waals surface area contributed by atoms with Crippen LogP contribution >= 0.6 is 11.8 Å². The first-order valence-corrected chi connectivity index (χ1v) is 17.1. The number of nitrogens with one attached hydrogen (secondary N) is 2. The number of amides is 3. The second kappa shape index (κ2) is 16.2. The molecule has 1 heterocycles. The quantitative estimate of drug-likeness (QED) is 0.127. The average Bonchev–Trinajstić information content (AvgIpc) is 3.12. The van der Waals surface area contributed by atoms with Gasteiger partial charge in [0.25, 0.3) is 5.91 Å². The van der Waals surface area contributed by atoms with Gasteiger partial charge in [0, 0.05) is 16.9 Å². The molecular weight excluding hydrogens is 680 g/mol. The maximum absolute atomic E-state index is 13.7. The van der Waals surface area contributed by atoms with Gasteiger partial charge in [-0.3, -0.25) is 14.4 Å². The molecule has 1 saturated heterocycles. The van der Waals surface area contributed by atoms with Crippen molar-refractivity contribution in [3.05, 3.63) is 131 Å². The summed E-state index contributed by atoms with van der Waals surface area (Å²) in [6.45, 7) is 2.54. The van der Waals surface area contributed by atoms with Crippen LogP contribution in [0.2, 0.25) is 0 Å². The van der Waals surface area contributed by atoms with Crippen LogP contribution in [-0.4, -0.2) is 64.1 Å². The molecule has 4 atom stereocenters. The van der Waals surface area contributed by atoms with Gasteiger partial charge in [-0.1, -0.05) is 68.4 Å². The number of carboxylic acids is 1. The molecule has 0 aliphatic carbocycles. The van der Waals surface area contributed by atoms with Crippen molar-refractivity contribution in [1.29, 1.82) is 0 Å². The predicted octanol–water partition coefficient (Wildman–Crippen LogP) is 4.93. The lowest BCUT2D eigenvalue weighted by atomic mass is 9.77. The van der Waals surface area contributed by atoms with Gasteiger partial charge in [-0.05, 0) is 65.2 Å². The van der Waals surface area contributed by atoms with Crippen LogP contribution in [0.3, 0.4) is 0 Å². The molecule has 0 aromatic heterocycles. The maximum Gasteiger partial charge on any atom is 0.327 e. The summed E-state index contributed by atoms with van der Waals surface area (Å²) < 4.78 is 32.6. The van der Waals surface area contributed by atoms with Gasteiger partial charge in [0.2, 0.25) is 11.8 Å². The molecule has 0 spiro atoms. The van der Waals surface area contributed by atoms with Crippen LogP contribution in [0.1, 0.15) is 42.7 Å². The predicted molar refractivity (Wildman–Crippen MR) is 188 cm³/mol. The Morgan fingerprint density at radius 3 is 2.10 bits per heavy atom.